The summed E-state index contributed by atoms with van der Waals surface area (Å²) in [4.78, 5) is 12.1. The maximum Gasteiger partial charge on any atom is 0.243 e. The van der Waals surface area contributed by atoms with Crippen molar-refractivity contribution in [3.63, 3.8) is 0 Å². The van der Waals surface area contributed by atoms with Gasteiger partial charge in [-0.1, -0.05) is 11.6 Å². The van der Waals surface area contributed by atoms with Crippen LogP contribution in [0.4, 0.5) is 0 Å². The van der Waals surface area contributed by atoms with Crippen LogP contribution in [0.15, 0.2) is 29.2 Å². The maximum absolute atomic E-state index is 12.6. The molecule has 1 aromatic rings. The second kappa shape index (κ2) is 8.80. The fourth-order valence-corrected chi connectivity index (χ4v) is 4.33. The standard InChI is InChI=1S/C16H23ClN2O4S/c1-23-11-8-18-16(20)12-13-6-9-19(10-7-13)24(21,22)15-4-2-14(17)3-5-15/h2-5,13H,6-12H2,1H3,(H,18,20). The number of halogens is 1. The van der Waals surface area contributed by atoms with E-state index in [1.807, 2.05) is 0 Å². The second-order valence-corrected chi connectivity index (χ2v) is 8.22. The fourth-order valence-electron chi connectivity index (χ4n) is 2.74. The average molecular weight is 375 g/mol. The van der Waals surface area contributed by atoms with Crippen molar-refractivity contribution in [3.05, 3.63) is 29.3 Å². The van der Waals surface area contributed by atoms with Crippen LogP contribution in [0.25, 0.3) is 0 Å². The van der Waals surface area contributed by atoms with Crippen molar-refractivity contribution in [2.75, 3.05) is 33.4 Å². The second-order valence-electron chi connectivity index (χ2n) is 5.85. The van der Waals surface area contributed by atoms with Gasteiger partial charge in [0.25, 0.3) is 0 Å². The summed E-state index contributed by atoms with van der Waals surface area (Å²) in [7, 11) is -1.90. The first-order chi connectivity index (χ1) is 11.4. The predicted molar refractivity (Wildman–Crippen MR) is 92.4 cm³/mol. The minimum absolute atomic E-state index is 0.00828. The molecule has 0 spiro atoms. The van der Waals surface area contributed by atoms with Gasteiger partial charge in [-0.25, -0.2) is 8.42 Å². The zero-order valence-electron chi connectivity index (χ0n) is 13.7. The molecule has 0 aromatic heterocycles. The molecular formula is C16H23ClN2O4S. The predicted octanol–water partition coefficient (Wildman–Crippen LogP) is 1.89. The lowest BCUT2D eigenvalue weighted by Crippen LogP contribution is -2.39. The molecule has 0 atom stereocenters. The van der Waals surface area contributed by atoms with Crippen molar-refractivity contribution in [1.29, 1.82) is 0 Å². The third-order valence-corrected chi connectivity index (χ3v) is 6.29. The monoisotopic (exact) mass is 374 g/mol. The Morgan fingerprint density at radius 3 is 2.50 bits per heavy atom. The molecule has 1 aliphatic rings. The number of hydrogen-bond acceptors (Lipinski definition) is 4. The lowest BCUT2D eigenvalue weighted by Gasteiger charge is -2.31. The SMILES string of the molecule is COCCNC(=O)CC1CCN(S(=O)(=O)c2ccc(Cl)cc2)CC1. The molecule has 0 radical (unpaired) electrons. The third-order valence-electron chi connectivity index (χ3n) is 4.13. The Bertz CT molecular complexity index is 641. The molecule has 134 valence electrons. The molecule has 2 rings (SSSR count). The van der Waals surface area contributed by atoms with Gasteiger partial charge in [-0.3, -0.25) is 4.79 Å². The molecule has 1 N–H and O–H groups in total. The zero-order chi connectivity index (χ0) is 17.6. The normalized spacial score (nSPS) is 16.9. The number of benzene rings is 1. The zero-order valence-corrected chi connectivity index (χ0v) is 15.3. The number of amides is 1. The number of rotatable bonds is 7. The largest absolute Gasteiger partial charge is 0.383 e. The van der Waals surface area contributed by atoms with Gasteiger partial charge in [0.05, 0.1) is 11.5 Å². The Hall–Kier alpha value is -1.15. The number of ether oxygens (including phenoxy) is 1. The van der Waals surface area contributed by atoms with E-state index in [-0.39, 0.29) is 16.7 Å². The molecule has 1 saturated heterocycles. The first-order valence-corrected chi connectivity index (χ1v) is 9.76. The van der Waals surface area contributed by atoms with Crippen molar-refractivity contribution < 1.29 is 17.9 Å². The Balaban J connectivity index is 1.85. The topological polar surface area (TPSA) is 75.7 Å². The average Bonchev–Trinajstić information content (AvgIpc) is 2.56. The van der Waals surface area contributed by atoms with E-state index in [2.05, 4.69) is 5.32 Å². The Labute approximate surface area is 148 Å². The summed E-state index contributed by atoms with van der Waals surface area (Å²) >= 11 is 5.81. The van der Waals surface area contributed by atoms with E-state index in [0.29, 0.717) is 50.5 Å². The van der Waals surface area contributed by atoms with E-state index in [1.54, 1.807) is 19.2 Å². The van der Waals surface area contributed by atoms with Crippen LogP contribution in [0.3, 0.4) is 0 Å². The van der Waals surface area contributed by atoms with Gasteiger partial charge >= 0.3 is 0 Å². The van der Waals surface area contributed by atoms with Crippen LogP contribution in [0, 0.1) is 5.92 Å². The summed E-state index contributed by atoms with van der Waals surface area (Å²) in [5.74, 6) is 0.204. The van der Waals surface area contributed by atoms with Crippen LogP contribution >= 0.6 is 11.6 Å². The van der Waals surface area contributed by atoms with E-state index < -0.39 is 10.0 Å². The third kappa shape index (κ3) is 5.17. The van der Waals surface area contributed by atoms with Crippen molar-refractivity contribution in [2.24, 2.45) is 5.92 Å². The van der Waals surface area contributed by atoms with Crippen molar-refractivity contribution >= 4 is 27.5 Å². The summed E-state index contributed by atoms with van der Waals surface area (Å²) in [5, 5.41) is 3.30. The molecule has 0 saturated carbocycles. The Kier molecular flexibility index (Phi) is 7.03. The van der Waals surface area contributed by atoms with Crippen molar-refractivity contribution in [1.82, 2.24) is 9.62 Å². The number of methoxy groups -OCH3 is 1. The van der Waals surface area contributed by atoms with Crippen LogP contribution in [-0.2, 0) is 19.6 Å². The first kappa shape index (κ1) is 19.2. The molecule has 0 bridgehead atoms. The van der Waals surface area contributed by atoms with Gasteiger partial charge in [0.2, 0.25) is 15.9 Å². The number of piperidine rings is 1. The van der Waals surface area contributed by atoms with Gasteiger partial charge in [-0.2, -0.15) is 4.31 Å². The summed E-state index contributed by atoms with van der Waals surface area (Å²) in [5.41, 5.74) is 0. The summed E-state index contributed by atoms with van der Waals surface area (Å²) in [6.07, 6.45) is 1.80. The number of carbonyl (C=O) groups excluding carboxylic acids is 1. The van der Waals surface area contributed by atoms with Crippen molar-refractivity contribution in [3.8, 4) is 0 Å². The van der Waals surface area contributed by atoms with E-state index in [0.717, 1.165) is 0 Å². The first-order valence-electron chi connectivity index (χ1n) is 7.95. The van der Waals surface area contributed by atoms with Gasteiger partial charge in [-0.05, 0) is 43.0 Å². The van der Waals surface area contributed by atoms with Crippen LogP contribution in [0.2, 0.25) is 5.02 Å². The van der Waals surface area contributed by atoms with E-state index in [9.17, 15) is 13.2 Å². The molecule has 0 aliphatic carbocycles. The van der Waals surface area contributed by atoms with Crippen LogP contribution in [0.5, 0.6) is 0 Å². The van der Waals surface area contributed by atoms with E-state index in [1.165, 1.54) is 16.4 Å². The van der Waals surface area contributed by atoms with Crippen LogP contribution in [0.1, 0.15) is 19.3 Å². The van der Waals surface area contributed by atoms with E-state index >= 15 is 0 Å². The summed E-state index contributed by atoms with van der Waals surface area (Å²) < 4.78 is 31.6. The summed E-state index contributed by atoms with van der Waals surface area (Å²) in [6.45, 7) is 1.85. The Morgan fingerprint density at radius 2 is 1.92 bits per heavy atom. The molecule has 1 fully saturated rings. The van der Waals surface area contributed by atoms with Gasteiger partial charge < -0.3 is 10.1 Å². The molecule has 8 heteroatoms. The number of sulfonamides is 1. The highest BCUT2D eigenvalue weighted by Gasteiger charge is 2.30. The Morgan fingerprint density at radius 1 is 1.29 bits per heavy atom. The van der Waals surface area contributed by atoms with Gasteiger partial charge in [-0.15, -0.1) is 0 Å². The molecule has 0 unspecified atom stereocenters. The number of nitrogens with zero attached hydrogens (tertiary/aromatic N) is 1. The smallest absolute Gasteiger partial charge is 0.243 e. The number of carbonyl (C=O) groups is 1. The highest BCUT2D eigenvalue weighted by molar-refractivity contribution is 7.89. The molecule has 1 aromatic carbocycles. The molecule has 1 heterocycles. The lowest BCUT2D eigenvalue weighted by atomic mass is 9.94. The van der Waals surface area contributed by atoms with E-state index in [4.69, 9.17) is 16.3 Å². The highest BCUT2D eigenvalue weighted by atomic mass is 35.5. The lowest BCUT2D eigenvalue weighted by molar-refractivity contribution is -0.122. The van der Waals surface area contributed by atoms with Gasteiger partial charge in [0.15, 0.2) is 0 Å². The number of nitrogens with one attached hydrogen (secondary N) is 1. The quantitative estimate of drug-likeness (QED) is 0.739. The molecular weight excluding hydrogens is 352 g/mol. The molecule has 1 amide bonds. The van der Waals surface area contributed by atoms with Gasteiger partial charge in [0, 0.05) is 38.2 Å². The summed E-state index contributed by atoms with van der Waals surface area (Å²) in [6, 6.07) is 6.19. The van der Waals surface area contributed by atoms with Gasteiger partial charge in [0.1, 0.15) is 0 Å². The fraction of sp³-hybridized carbons (Fsp3) is 0.562. The minimum Gasteiger partial charge on any atom is -0.383 e. The minimum atomic E-state index is -3.49. The molecule has 6 nitrogen and oxygen atoms in total. The van der Waals surface area contributed by atoms with Crippen LogP contribution in [-0.4, -0.2) is 52.0 Å². The van der Waals surface area contributed by atoms with Crippen LogP contribution < -0.4 is 5.32 Å². The highest BCUT2D eigenvalue weighted by Crippen LogP contribution is 2.26. The molecule has 1 aliphatic heterocycles. The van der Waals surface area contributed by atoms with Crippen molar-refractivity contribution in [2.45, 2.75) is 24.2 Å². The maximum atomic E-state index is 12.6. The molecule has 24 heavy (non-hydrogen) atoms. The number of hydrogen-bond donors (Lipinski definition) is 1.